The van der Waals surface area contributed by atoms with Gasteiger partial charge in [0.1, 0.15) is 4.90 Å². The number of fused-ring (bicyclic) bond motifs is 1. The number of anilines is 3. The molecule has 1 heterocycles. The van der Waals surface area contributed by atoms with Crippen LogP contribution < -0.4 is 15.4 Å². The second-order valence-corrected chi connectivity index (χ2v) is 8.91. The van der Waals surface area contributed by atoms with Crippen molar-refractivity contribution in [3.63, 3.8) is 0 Å². The Labute approximate surface area is 160 Å². The number of rotatable bonds is 5. The highest BCUT2D eigenvalue weighted by molar-refractivity contribution is 7.92. The topological polar surface area (TPSA) is 87.3 Å². The fourth-order valence-corrected chi connectivity index (χ4v) is 4.32. The van der Waals surface area contributed by atoms with Crippen LogP contribution in [0.1, 0.15) is 37.0 Å². The molecule has 3 N–H and O–H groups in total. The van der Waals surface area contributed by atoms with E-state index in [1.165, 1.54) is 0 Å². The van der Waals surface area contributed by atoms with E-state index in [4.69, 9.17) is 0 Å². The van der Waals surface area contributed by atoms with Crippen molar-refractivity contribution in [3.05, 3.63) is 47.0 Å². The molecule has 0 unspecified atom stereocenters. The molecule has 0 aromatic heterocycles. The number of carbonyl (C=O) groups is 1. The van der Waals surface area contributed by atoms with Gasteiger partial charge in [-0.2, -0.15) is 0 Å². The van der Waals surface area contributed by atoms with Crippen molar-refractivity contribution < 1.29 is 13.2 Å². The maximum Gasteiger partial charge on any atom is 0.263 e. The minimum absolute atomic E-state index is 0.0397. The third-order valence-electron chi connectivity index (χ3n) is 4.59. The molecule has 2 aromatic rings. The Hall–Kier alpha value is -2.54. The normalized spacial score (nSPS) is 13.9. The molecule has 0 bridgehead atoms. The second-order valence-electron chi connectivity index (χ2n) is 7.26. The van der Waals surface area contributed by atoms with Crippen LogP contribution in [-0.2, 0) is 21.2 Å². The molecule has 0 saturated carbocycles. The molecule has 27 heavy (non-hydrogen) atoms. The van der Waals surface area contributed by atoms with Crippen LogP contribution >= 0.6 is 0 Å². The van der Waals surface area contributed by atoms with E-state index in [2.05, 4.69) is 15.4 Å². The molecule has 2 aromatic carbocycles. The summed E-state index contributed by atoms with van der Waals surface area (Å²) in [7, 11) is -3.79. The summed E-state index contributed by atoms with van der Waals surface area (Å²) in [6.07, 6.45) is 0.878. The average Bonchev–Trinajstić information content (AvgIpc) is 2.56. The molecule has 0 atom stereocenters. The summed E-state index contributed by atoms with van der Waals surface area (Å²) < 4.78 is 28.9. The van der Waals surface area contributed by atoms with Gasteiger partial charge in [0.25, 0.3) is 10.0 Å². The van der Waals surface area contributed by atoms with Crippen LogP contribution in [0.2, 0.25) is 0 Å². The van der Waals surface area contributed by atoms with Crippen LogP contribution in [0.25, 0.3) is 0 Å². The summed E-state index contributed by atoms with van der Waals surface area (Å²) in [5, 5.41) is 6.00. The summed E-state index contributed by atoms with van der Waals surface area (Å²) in [5.41, 5.74) is 4.61. The Bertz CT molecular complexity index is 998. The zero-order chi connectivity index (χ0) is 19.8. The van der Waals surface area contributed by atoms with E-state index in [1.807, 2.05) is 39.8 Å². The lowest BCUT2D eigenvalue weighted by atomic mass is 10.0. The van der Waals surface area contributed by atoms with E-state index in [0.29, 0.717) is 29.9 Å². The molecular weight excluding hydrogens is 362 g/mol. The van der Waals surface area contributed by atoms with Crippen LogP contribution in [0.5, 0.6) is 0 Å². The van der Waals surface area contributed by atoms with Gasteiger partial charge in [0.05, 0.1) is 5.69 Å². The van der Waals surface area contributed by atoms with Crippen molar-refractivity contribution in [3.8, 4) is 0 Å². The molecule has 6 nitrogen and oxygen atoms in total. The van der Waals surface area contributed by atoms with Gasteiger partial charge in [0.15, 0.2) is 0 Å². The lowest BCUT2D eigenvalue weighted by Gasteiger charge is -2.22. The third-order valence-corrected chi connectivity index (χ3v) is 6.01. The fraction of sp³-hybridized carbons (Fsp3) is 0.350. The highest BCUT2D eigenvalue weighted by atomic mass is 32.2. The highest BCUT2D eigenvalue weighted by Crippen LogP contribution is 2.33. The van der Waals surface area contributed by atoms with Gasteiger partial charge in [-0.3, -0.25) is 9.52 Å². The van der Waals surface area contributed by atoms with Gasteiger partial charge in [-0.25, -0.2) is 8.42 Å². The van der Waals surface area contributed by atoms with E-state index in [1.54, 1.807) is 18.2 Å². The first-order valence-electron chi connectivity index (χ1n) is 8.99. The smallest absolute Gasteiger partial charge is 0.263 e. The predicted octanol–water partition coefficient (Wildman–Crippen LogP) is 3.81. The number of nitrogens with one attached hydrogen (secondary N) is 3. The Morgan fingerprint density at radius 2 is 1.78 bits per heavy atom. The summed E-state index contributed by atoms with van der Waals surface area (Å²) >= 11 is 0. The SMILES string of the molecule is Cc1ccc(NS(=O)(=O)c2cc3c(cc2NC(C)C)NC(=O)CC3)cc1C. The molecule has 1 amide bonds. The number of aryl methyl sites for hydroxylation is 3. The van der Waals surface area contributed by atoms with E-state index in [0.717, 1.165) is 16.7 Å². The van der Waals surface area contributed by atoms with Crippen molar-refractivity contribution in [2.45, 2.75) is 51.5 Å². The molecule has 3 rings (SSSR count). The van der Waals surface area contributed by atoms with Crippen LogP contribution in [0.15, 0.2) is 35.2 Å². The van der Waals surface area contributed by atoms with E-state index < -0.39 is 10.0 Å². The summed E-state index contributed by atoms with van der Waals surface area (Å²) in [5.74, 6) is -0.0538. The van der Waals surface area contributed by atoms with Gasteiger partial charge in [0, 0.05) is 23.8 Å². The van der Waals surface area contributed by atoms with Crippen LogP contribution in [0.4, 0.5) is 17.1 Å². The molecule has 0 spiro atoms. The molecule has 1 aliphatic rings. The van der Waals surface area contributed by atoms with E-state index >= 15 is 0 Å². The van der Waals surface area contributed by atoms with E-state index in [9.17, 15) is 13.2 Å². The van der Waals surface area contributed by atoms with Gasteiger partial charge < -0.3 is 10.6 Å². The van der Waals surface area contributed by atoms with Crippen LogP contribution in [-0.4, -0.2) is 20.4 Å². The minimum Gasteiger partial charge on any atom is -0.382 e. The van der Waals surface area contributed by atoms with Crippen molar-refractivity contribution in [1.29, 1.82) is 0 Å². The number of hydrogen-bond donors (Lipinski definition) is 3. The third kappa shape index (κ3) is 4.24. The molecule has 0 saturated heterocycles. The molecule has 7 heteroatoms. The van der Waals surface area contributed by atoms with Crippen molar-refractivity contribution in [1.82, 2.24) is 0 Å². The number of amides is 1. The Morgan fingerprint density at radius 3 is 2.44 bits per heavy atom. The zero-order valence-electron chi connectivity index (χ0n) is 16.0. The lowest BCUT2D eigenvalue weighted by Crippen LogP contribution is -2.22. The highest BCUT2D eigenvalue weighted by Gasteiger charge is 2.24. The number of carbonyl (C=O) groups excluding carboxylic acids is 1. The Kier molecular flexibility index (Phi) is 5.15. The van der Waals surface area contributed by atoms with Gasteiger partial charge >= 0.3 is 0 Å². The molecule has 0 radical (unpaired) electrons. The second kappa shape index (κ2) is 7.23. The van der Waals surface area contributed by atoms with Gasteiger partial charge in [-0.15, -0.1) is 0 Å². The standard InChI is InChI=1S/C20H25N3O3S/c1-12(2)21-18-11-17-15(6-8-20(24)22-17)10-19(18)27(25,26)23-16-7-5-13(3)14(4)9-16/h5,7,9-12,21,23H,6,8H2,1-4H3,(H,22,24). The largest absolute Gasteiger partial charge is 0.382 e. The lowest BCUT2D eigenvalue weighted by molar-refractivity contribution is -0.116. The Morgan fingerprint density at radius 1 is 1.04 bits per heavy atom. The number of benzene rings is 2. The number of sulfonamides is 1. The summed E-state index contributed by atoms with van der Waals surface area (Å²) in [6.45, 7) is 7.80. The molecular formula is C20H25N3O3S. The van der Waals surface area contributed by atoms with Gasteiger partial charge in [-0.05, 0) is 75.1 Å². The fourth-order valence-electron chi connectivity index (χ4n) is 3.07. The Balaban J connectivity index is 2.04. The van der Waals surface area contributed by atoms with Crippen molar-refractivity contribution in [2.75, 3.05) is 15.4 Å². The first-order chi connectivity index (χ1) is 12.7. The van der Waals surface area contributed by atoms with Gasteiger partial charge in [0.2, 0.25) is 5.91 Å². The van der Waals surface area contributed by atoms with Crippen LogP contribution in [0, 0.1) is 13.8 Å². The van der Waals surface area contributed by atoms with Gasteiger partial charge in [-0.1, -0.05) is 6.07 Å². The maximum absolute atomic E-state index is 13.1. The summed E-state index contributed by atoms with van der Waals surface area (Å²) in [6, 6.07) is 8.88. The first kappa shape index (κ1) is 19.2. The van der Waals surface area contributed by atoms with Crippen molar-refractivity contribution in [2.24, 2.45) is 0 Å². The number of hydrogen-bond acceptors (Lipinski definition) is 4. The van der Waals surface area contributed by atoms with Crippen LogP contribution in [0.3, 0.4) is 0 Å². The minimum atomic E-state index is -3.79. The average molecular weight is 388 g/mol. The molecule has 0 aliphatic carbocycles. The van der Waals surface area contributed by atoms with Crippen molar-refractivity contribution >= 4 is 33.0 Å². The van der Waals surface area contributed by atoms with E-state index in [-0.39, 0.29) is 16.8 Å². The maximum atomic E-state index is 13.1. The molecule has 0 fully saturated rings. The monoisotopic (exact) mass is 387 g/mol. The molecule has 1 aliphatic heterocycles. The molecule has 144 valence electrons. The summed E-state index contributed by atoms with van der Waals surface area (Å²) in [4.78, 5) is 11.9. The quantitative estimate of drug-likeness (QED) is 0.728. The first-order valence-corrected chi connectivity index (χ1v) is 10.5. The predicted molar refractivity (Wildman–Crippen MR) is 109 cm³/mol. The zero-order valence-corrected chi connectivity index (χ0v) is 16.8.